The summed E-state index contributed by atoms with van der Waals surface area (Å²) >= 11 is 0. The SMILES string of the molecule is N#CCOc1ccc(/C=C/C(=O)NC2c3ccccc3Oc3ccccc32)cc1. The number of para-hydroxylation sites is 2. The van der Waals surface area contributed by atoms with E-state index in [1.807, 2.05) is 66.7 Å². The van der Waals surface area contributed by atoms with Crippen molar-refractivity contribution < 1.29 is 14.3 Å². The molecule has 4 rings (SSSR count). The third-order valence-electron chi connectivity index (χ3n) is 4.58. The van der Waals surface area contributed by atoms with Crippen molar-refractivity contribution in [1.82, 2.24) is 5.32 Å². The van der Waals surface area contributed by atoms with Crippen LogP contribution < -0.4 is 14.8 Å². The lowest BCUT2D eigenvalue weighted by Gasteiger charge is -2.28. The van der Waals surface area contributed by atoms with Crippen molar-refractivity contribution in [3.05, 3.63) is 95.6 Å². The van der Waals surface area contributed by atoms with Crippen LogP contribution in [0.5, 0.6) is 17.2 Å². The lowest BCUT2D eigenvalue weighted by molar-refractivity contribution is -0.116. The van der Waals surface area contributed by atoms with E-state index in [0.717, 1.165) is 28.2 Å². The average molecular weight is 382 g/mol. The van der Waals surface area contributed by atoms with Gasteiger partial charge in [0, 0.05) is 17.2 Å². The van der Waals surface area contributed by atoms with E-state index < -0.39 is 0 Å². The van der Waals surface area contributed by atoms with Gasteiger partial charge in [-0.05, 0) is 35.9 Å². The van der Waals surface area contributed by atoms with Crippen LogP contribution in [0.3, 0.4) is 0 Å². The number of nitrogens with zero attached hydrogens (tertiary/aromatic N) is 1. The van der Waals surface area contributed by atoms with E-state index in [0.29, 0.717) is 5.75 Å². The molecule has 0 aromatic heterocycles. The highest BCUT2D eigenvalue weighted by molar-refractivity contribution is 5.92. The van der Waals surface area contributed by atoms with Gasteiger partial charge in [0.15, 0.2) is 6.61 Å². The lowest BCUT2D eigenvalue weighted by Crippen LogP contribution is -2.29. The molecule has 5 nitrogen and oxygen atoms in total. The van der Waals surface area contributed by atoms with Crippen LogP contribution in [0.1, 0.15) is 22.7 Å². The Bertz CT molecular complexity index is 1050. The average Bonchev–Trinajstić information content (AvgIpc) is 2.77. The molecule has 29 heavy (non-hydrogen) atoms. The van der Waals surface area contributed by atoms with Crippen molar-refractivity contribution in [2.24, 2.45) is 0 Å². The van der Waals surface area contributed by atoms with E-state index in [-0.39, 0.29) is 18.6 Å². The number of carbonyl (C=O) groups is 1. The first-order chi connectivity index (χ1) is 14.2. The van der Waals surface area contributed by atoms with Crippen LogP contribution in [0.4, 0.5) is 0 Å². The van der Waals surface area contributed by atoms with E-state index in [2.05, 4.69) is 5.32 Å². The molecule has 5 heteroatoms. The van der Waals surface area contributed by atoms with E-state index in [9.17, 15) is 4.79 Å². The molecule has 0 bridgehead atoms. The summed E-state index contributed by atoms with van der Waals surface area (Å²) in [7, 11) is 0. The maximum atomic E-state index is 12.6. The van der Waals surface area contributed by atoms with Gasteiger partial charge >= 0.3 is 0 Å². The Morgan fingerprint density at radius 3 is 2.24 bits per heavy atom. The van der Waals surface area contributed by atoms with E-state index in [4.69, 9.17) is 14.7 Å². The molecule has 0 aliphatic carbocycles. The minimum Gasteiger partial charge on any atom is -0.479 e. The monoisotopic (exact) mass is 382 g/mol. The standard InChI is InChI=1S/C24H18N2O3/c25-15-16-28-18-12-9-17(10-13-18)11-14-23(27)26-24-19-5-1-3-7-21(19)29-22-8-4-2-6-20(22)24/h1-14,24H,16H2,(H,26,27)/b14-11+. The molecule has 1 aliphatic heterocycles. The van der Waals surface area contributed by atoms with Crippen LogP contribution in [0.25, 0.3) is 6.08 Å². The maximum Gasteiger partial charge on any atom is 0.244 e. The summed E-state index contributed by atoms with van der Waals surface area (Å²) < 4.78 is 11.2. The van der Waals surface area contributed by atoms with Gasteiger partial charge in [0.05, 0.1) is 6.04 Å². The molecule has 1 heterocycles. The van der Waals surface area contributed by atoms with E-state index in [1.165, 1.54) is 6.08 Å². The summed E-state index contributed by atoms with van der Waals surface area (Å²) in [5.74, 6) is 1.90. The summed E-state index contributed by atoms with van der Waals surface area (Å²) in [4.78, 5) is 12.6. The van der Waals surface area contributed by atoms with Gasteiger partial charge in [-0.3, -0.25) is 4.79 Å². The molecule has 0 radical (unpaired) electrons. The Kier molecular flexibility index (Phi) is 5.26. The van der Waals surface area contributed by atoms with Gasteiger partial charge in [-0.2, -0.15) is 5.26 Å². The first kappa shape index (κ1) is 18.3. The number of rotatable bonds is 5. The first-order valence-electron chi connectivity index (χ1n) is 9.19. The molecular weight excluding hydrogens is 364 g/mol. The van der Waals surface area contributed by atoms with Gasteiger partial charge in [-0.1, -0.05) is 48.5 Å². The highest BCUT2D eigenvalue weighted by Gasteiger charge is 2.27. The summed E-state index contributed by atoms with van der Waals surface area (Å²) in [6.45, 7) is 0.00560. The van der Waals surface area contributed by atoms with Gasteiger partial charge in [0.2, 0.25) is 5.91 Å². The Morgan fingerprint density at radius 1 is 1.00 bits per heavy atom. The highest BCUT2D eigenvalue weighted by atomic mass is 16.5. The molecule has 0 unspecified atom stereocenters. The zero-order valence-corrected chi connectivity index (χ0v) is 15.5. The zero-order chi connectivity index (χ0) is 20.1. The number of fused-ring (bicyclic) bond motifs is 2. The summed E-state index contributed by atoms with van der Waals surface area (Å²) in [5.41, 5.74) is 2.70. The maximum absolute atomic E-state index is 12.6. The number of carbonyl (C=O) groups excluding carboxylic acids is 1. The number of nitriles is 1. The smallest absolute Gasteiger partial charge is 0.244 e. The topological polar surface area (TPSA) is 71.3 Å². The van der Waals surface area contributed by atoms with Crippen LogP contribution in [0.2, 0.25) is 0 Å². The number of amides is 1. The summed E-state index contributed by atoms with van der Waals surface area (Å²) in [5, 5.41) is 11.6. The Morgan fingerprint density at radius 2 is 1.62 bits per heavy atom. The Labute approximate surface area is 168 Å². The normalized spacial score (nSPS) is 12.4. The van der Waals surface area contributed by atoms with Crippen LogP contribution >= 0.6 is 0 Å². The van der Waals surface area contributed by atoms with Crippen molar-refractivity contribution in [2.45, 2.75) is 6.04 Å². The molecule has 3 aromatic carbocycles. The number of ether oxygens (including phenoxy) is 2. The molecule has 0 atom stereocenters. The van der Waals surface area contributed by atoms with E-state index in [1.54, 1.807) is 18.2 Å². The van der Waals surface area contributed by atoms with Crippen LogP contribution in [-0.2, 0) is 4.79 Å². The lowest BCUT2D eigenvalue weighted by atomic mass is 9.94. The van der Waals surface area contributed by atoms with Crippen LogP contribution in [-0.4, -0.2) is 12.5 Å². The van der Waals surface area contributed by atoms with Gasteiger partial charge < -0.3 is 14.8 Å². The van der Waals surface area contributed by atoms with Crippen LogP contribution in [0, 0.1) is 11.3 Å². The second-order valence-corrected chi connectivity index (χ2v) is 6.47. The molecule has 0 spiro atoms. The minimum atomic E-state index is -0.282. The van der Waals surface area contributed by atoms with Crippen molar-refractivity contribution in [3.8, 4) is 23.3 Å². The molecule has 0 fully saturated rings. The van der Waals surface area contributed by atoms with Gasteiger partial charge in [0.1, 0.15) is 23.3 Å². The molecule has 1 N–H and O–H groups in total. The van der Waals surface area contributed by atoms with Crippen LogP contribution in [0.15, 0.2) is 78.9 Å². The number of hydrogen-bond donors (Lipinski definition) is 1. The first-order valence-corrected chi connectivity index (χ1v) is 9.19. The molecule has 0 saturated carbocycles. The van der Waals surface area contributed by atoms with Crippen molar-refractivity contribution in [1.29, 1.82) is 5.26 Å². The molecule has 1 amide bonds. The quantitative estimate of drug-likeness (QED) is 0.654. The third kappa shape index (κ3) is 4.12. The molecule has 0 saturated heterocycles. The largest absolute Gasteiger partial charge is 0.479 e. The predicted octanol–water partition coefficient (Wildman–Crippen LogP) is 4.61. The summed E-state index contributed by atoms with van der Waals surface area (Å²) in [6.07, 6.45) is 3.24. The fourth-order valence-electron chi connectivity index (χ4n) is 3.22. The van der Waals surface area contributed by atoms with Crippen molar-refractivity contribution >= 4 is 12.0 Å². The number of hydrogen-bond acceptors (Lipinski definition) is 4. The number of benzene rings is 3. The Balaban J connectivity index is 1.50. The molecule has 142 valence electrons. The minimum absolute atomic E-state index is 0.00560. The second-order valence-electron chi connectivity index (χ2n) is 6.47. The molecule has 3 aromatic rings. The third-order valence-corrected chi connectivity index (χ3v) is 4.58. The van der Waals surface area contributed by atoms with E-state index >= 15 is 0 Å². The fourth-order valence-corrected chi connectivity index (χ4v) is 3.22. The summed E-state index contributed by atoms with van der Waals surface area (Å²) in [6, 6.07) is 24.2. The van der Waals surface area contributed by atoms with Crippen molar-refractivity contribution in [2.75, 3.05) is 6.61 Å². The van der Waals surface area contributed by atoms with Crippen molar-refractivity contribution in [3.63, 3.8) is 0 Å². The van der Waals surface area contributed by atoms with Gasteiger partial charge in [-0.15, -0.1) is 0 Å². The Hall–Kier alpha value is -4.04. The van der Waals surface area contributed by atoms with Gasteiger partial charge in [0.25, 0.3) is 0 Å². The highest BCUT2D eigenvalue weighted by Crippen LogP contribution is 2.42. The van der Waals surface area contributed by atoms with Gasteiger partial charge in [-0.25, -0.2) is 0 Å². The molecular formula is C24H18N2O3. The zero-order valence-electron chi connectivity index (χ0n) is 15.5. The second kappa shape index (κ2) is 8.32. The predicted molar refractivity (Wildman–Crippen MR) is 110 cm³/mol. The molecule has 1 aliphatic rings. The fraction of sp³-hybridized carbons (Fsp3) is 0.0833. The number of nitrogens with one attached hydrogen (secondary N) is 1.